The Balaban J connectivity index is 3.72. The monoisotopic (exact) mass is 289 g/mol. The summed E-state index contributed by atoms with van der Waals surface area (Å²) >= 11 is 0. The molecule has 0 aromatic heterocycles. The van der Waals surface area contributed by atoms with Crippen LogP contribution in [0, 0.1) is 10.1 Å². The van der Waals surface area contributed by atoms with E-state index in [2.05, 4.69) is 0 Å². The molecule has 0 aliphatic carbocycles. The number of hydrogen-bond acceptors (Lipinski definition) is 3. The molecule has 0 amide bonds. The van der Waals surface area contributed by atoms with Crippen molar-refractivity contribution in [2.75, 3.05) is 0 Å². The van der Waals surface area contributed by atoms with Crippen LogP contribution in [0.2, 0.25) is 0 Å². The molecule has 1 aromatic carbocycles. The van der Waals surface area contributed by atoms with Crippen molar-refractivity contribution in [2.45, 2.75) is 19.0 Å². The minimum Gasteiger partial charge on any atom is -0.391 e. The standard InChI is InChI=1S/C9H5F6NO3/c10-8(11,12)5-1-2-6(9(13,14)15)7(16(18)19)4(5)3-17/h1-2,17H,3H2. The molecule has 4 nitrogen and oxygen atoms in total. The average molecular weight is 289 g/mol. The molecule has 0 aliphatic rings. The van der Waals surface area contributed by atoms with Crippen molar-refractivity contribution in [3.8, 4) is 0 Å². The zero-order chi connectivity index (χ0) is 15.0. The summed E-state index contributed by atoms with van der Waals surface area (Å²) in [5.41, 5.74) is -6.71. The lowest BCUT2D eigenvalue weighted by atomic mass is 10.0. The number of nitrogens with zero attached hydrogens (tertiary/aromatic N) is 1. The van der Waals surface area contributed by atoms with E-state index in [1.165, 1.54) is 0 Å². The first-order valence-electron chi connectivity index (χ1n) is 4.55. The van der Waals surface area contributed by atoms with Gasteiger partial charge in [0.05, 0.1) is 22.7 Å². The fourth-order valence-corrected chi connectivity index (χ4v) is 1.50. The van der Waals surface area contributed by atoms with E-state index in [1.807, 2.05) is 0 Å². The second kappa shape index (κ2) is 4.68. The van der Waals surface area contributed by atoms with Gasteiger partial charge in [-0.3, -0.25) is 10.1 Å². The lowest BCUT2D eigenvalue weighted by Crippen LogP contribution is -2.16. The highest BCUT2D eigenvalue weighted by Gasteiger charge is 2.44. The molecule has 19 heavy (non-hydrogen) atoms. The molecule has 1 rings (SSSR count). The number of nitro groups is 1. The van der Waals surface area contributed by atoms with Crippen LogP contribution in [-0.2, 0) is 19.0 Å². The molecule has 0 fully saturated rings. The van der Waals surface area contributed by atoms with Crippen molar-refractivity contribution in [1.82, 2.24) is 0 Å². The van der Waals surface area contributed by atoms with Gasteiger partial charge in [0.2, 0.25) is 0 Å². The molecule has 0 radical (unpaired) electrons. The summed E-state index contributed by atoms with van der Waals surface area (Å²) in [6.45, 7) is -1.53. The van der Waals surface area contributed by atoms with Crippen molar-refractivity contribution in [2.24, 2.45) is 0 Å². The van der Waals surface area contributed by atoms with Crippen LogP contribution in [-0.4, -0.2) is 10.0 Å². The number of nitro benzene ring substituents is 1. The number of rotatable bonds is 2. The highest BCUT2D eigenvalue weighted by molar-refractivity contribution is 5.53. The first-order chi connectivity index (χ1) is 8.50. The smallest absolute Gasteiger partial charge is 0.391 e. The fraction of sp³-hybridized carbons (Fsp3) is 0.333. The average Bonchev–Trinajstić information content (AvgIpc) is 2.24. The number of aliphatic hydroxyl groups excluding tert-OH is 1. The number of aliphatic hydroxyl groups is 1. The van der Waals surface area contributed by atoms with E-state index >= 15 is 0 Å². The first kappa shape index (κ1) is 15.2. The van der Waals surface area contributed by atoms with Gasteiger partial charge in [-0.25, -0.2) is 0 Å². The molecule has 0 spiro atoms. The molecule has 0 aliphatic heterocycles. The van der Waals surface area contributed by atoms with E-state index in [9.17, 15) is 36.5 Å². The lowest BCUT2D eigenvalue weighted by Gasteiger charge is -2.15. The maximum absolute atomic E-state index is 12.5. The van der Waals surface area contributed by atoms with E-state index < -0.39 is 46.3 Å². The number of alkyl halides is 6. The van der Waals surface area contributed by atoms with Crippen LogP contribution in [0.4, 0.5) is 32.0 Å². The third-order valence-corrected chi connectivity index (χ3v) is 2.23. The summed E-state index contributed by atoms with van der Waals surface area (Å²) in [5.74, 6) is 0. The number of benzene rings is 1. The Morgan fingerprint density at radius 1 is 1.05 bits per heavy atom. The SMILES string of the molecule is O=[N+]([O-])c1c(C(F)(F)F)ccc(C(F)(F)F)c1CO. The van der Waals surface area contributed by atoms with Gasteiger partial charge in [0.1, 0.15) is 5.56 Å². The molecule has 0 unspecified atom stereocenters. The van der Waals surface area contributed by atoms with Crippen LogP contribution in [0.15, 0.2) is 12.1 Å². The van der Waals surface area contributed by atoms with Crippen molar-refractivity contribution in [3.05, 3.63) is 38.9 Å². The molecule has 106 valence electrons. The Labute approximate surface area is 101 Å². The Bertz CT molecular complexity index is 508. The largest absolute Gasteiger partial charge is 0.423 e. The van der Waals surface area contributed by atoms with Crippen LogP contribution in [0.1, 0.15) is 16.7 Å². The number of hydrogen-bond donors (Lipinski definition) is 1. The van der Waals surface area contributed by atoms with Gasteiger partial charge >= 0.3 is 12.4 Å². The molecule has 10 heteroatoms. The normalized spacial score (nSPS) is 12.6. The fourth-order valence-electron chi connectivity index (χ4n) is 1.50. The van der Waals surface area contributed by atoms with Gasteiger partial charge in [-0.1, -0.05) is 0 Å². The third kappa shape index (κ3) is 2.95. The van der Waals surface area contributed by atoms with E-state index in [4.69, 9.17) is 5.11 Å². The summed E-state index contributed by atoms with van der Waals surface area (Å²) in [6.07, 6.45) is -10.3. The molecular weight excluding hydrogens is 284 g/mol. The minimum atomic E-state index is -5.20. The Morgan fingerprint density at radius 3 is 1.79 bits per heavy atom. The maximum Gasteiger partial charge on any atom is 0.423 e. The maximum atomic E-state index is 12.5. The van der Waals surface area contributed by atoms with Crippen molar-refractivity contribution < 1.29 is 36.4 Å². The van der Waals surface area contributed by atoms with Crippen LogP contribution >= 0.6 is 0 Å². The third-order valence-electron chi connectivity index (χ3n) is 2.23. The van der Waals surface area contributed by atoms with Gasteiger partial charge < -0.3 is 5.11 Å². The van der Waals surface area contributed by atoms with Crippen LogP contribution < -0.4 is 0 Å². The second-order valence-electron chi connectivity index (χ2n) is 3.40. The van der Waals surface area contributed by atoms with E-state index in [0.29, 0.717) is 0 Å². The molecular formula is C9H5F6NO3. The molecule has 0 saturated heterocycles. The Morgan fingerprint density at radius 2 is 1.47 bits per heavy atom. The predicted molar refractivity (Wildman–Crippen MR) is 49.0 cm³/mol. The van der Waals surface area contributed by atoms with Gasteiger partial charge in [-0.15, -0.1) is 0 Å². The van der Waals surface area contributed by atoms with Crippen molar-refractivity contribution >= 4 is 5.69 Å². The lowest BCUT2D eigenvalue weighted by molar-refractivity contribution is -0.389. The molecule has 1 aromatic rings. The van der Waals surface area contributed by atoms with Crippen molar-refractivity contribution in [3.63, 3.8) is 0 Å². The van der Waals surface area contributed by atoms with Gasteiger partial charge in [-0.05, 0) is 12.1 Å². The first-order valence-corrected chi connectivity index (χ1v) is 4.55. The van der Waals surface area contributed by atoms with Crippen LogP contribution in [0.5, 0.6) is 0 Å². The minimum absolute atomic E-state index is 0.0277. The second-order valence-corrected chi connectivity index (χ2v) is 3.40. The zero-order valence-corrected chi connectivity index (χ0v) is 8.84. The topological polar surface area (TPSA) is 63.4 Å². The Kier molecular flexibility index (Phi) is 3.75. The molecule has 0 saturated carbocycles. The van der Waals surface area contributed by atoms with Gasteiger partial charge in [0, 0.05) is 0 Å². The van der Waals surface area contributed by atoms with Crippen LogP contribution in [0.25, 0.3) is 0 Å². The summed E-state index contributed by atoms with van der Waals surface area (Å²) in [6, 6.07) is 0.0293. The highest BCUT2D eigenvalue weighted by atomic mass is 19.4. The zero-order valence-electron chi connectivity index (χ0n) is 8.84. The van der Waals surface area contributed by atoms with E-state index in [1.54, 1.807) is 0 Å². The van der Waals surface area contributed by atoms with Gasteiger partial charge in [0.15, 0.2) is 0 Å². The quantitative estimate of drug-likeness (QED) is 0.517. The number of halogens is 6. The van der Waals surface area contributed by atoms with E-state index in [-0.39, 0.29) is 12.1 Å². The summed E-state index contributed by atoms with van der Waals surface area (Å²) in [5, 5.41) is 19.3. The predicted octanol–water partition coefficient (Wildman–Crippen LogP) is 3.12. The molecule has 1 N–H and O–H groups in total. The summed E-state index contributed by atoms with van der Waals surface area (Å²) in [7, 11) is 0. The Hall–Kier alpha value is -1.84. The molecule has 0 atom stereocenters. The van der Waals surface area contributed by atoms with E-state index in [0.717, 1.165) is 0 Å². The summed E-state index contributed by atoms with van der Waals surface area (Å²) < 4.78 is 74.9. The van der Waals surface area contributed by atoms with Gasteiger partial charge in [-0.2, -0.15) is 26.3 Å². The van der Waals surface area contributed by atoms with Gasteiger partial charge in [0.25, 0.3) is 5.69 Å². The molecule has 0 bridgehead atoms. The molecule has 0 heterocycles. The van der Waals surface area contributed by atoms with Crippen molar-refractivity contribution in [1.29, 1.82) is 0 Å². The van der Waals surface area contributed by atoms with Crippen LogP contribution in [0.3, 0.4) is 0 Å². The highest BCUT2D eigenvalue weighted by Crippen LogP contribution is 2.43. The summed E-state index contributed by atoms with van der Waals surface area (Å²) in [4.78, 5) is 8.96.